The Hall–Kier alpha value is -1.68. The summed E-state index contributed by atoms with van der Waals surface area (Å²) in [5, 5.41) is 15.3. The van der Waals surface area contributed by atoms with E-state index in [-0.39, 0.29) is 12.2 Å². The Labute approximate surface area is 129 Å². The zero-order valence-corrected chi connectivity index (χ0v) is 12.6. The molecule has 112 valence electrons. The maximum absolute atomic E-state index is 12.6. The quantitative estimate of drug-likeness (QED) is 0.627. The molecule has 0 saturated carbocycles. The fourth-order valence-corrected chi connectivity index (χ4v) is 2.91. The Morgan fingerprint density at radius 1 is 1.43 bits per heavy atom. The van der Waals surface area contributed by atoms with Gasteiger partial charge in [-0.2, -0.15) is 13.2 Å². The summed E-state index contributed by atoms with van der Waals surface area (Å²) in [5.41, 5.74) is -1.89. The third kappa shape index (κ3) is 3.91. The van der Waals surface area contributed by atoms with Crippen molar-refractivity contribution in [3.63, 3.8) is 0 Å². The van der Waals surface area contributed by atoms with Crippen molar-refractivity contribution in [2.75, 3.05) is 5.32 Å². The Morgan fingerprint density at radius 2 is 2.14 bits per heavy atom. The minimum Gasteiger partial charge on any atom is -0.374 e. The van der Waals surface area contributed by atoms with Crippen LogP contribution < -0.4 is 5.32 Å². The third-order valence-electron chi connectivity index (χ3n) is 2.44. The molecule has 21 heavy (non-hydrogen) atoms. The van der Waals surface area contributed by atoms with Crippen LogP contribution in [0.15, 0.2) is 28.2 Å². The van der Waals surface area contributed by atoms with E-state index in [1.54, 1.807) is 11.4 Å². The summed E-state index contributed by atoms with van der Waals surface area (Å²) in [6.45, 7) is 0.179. The minimum atomic E-state index is -4.66. The lowest BCUT2D eigenvalue weighted by Gasteiger charge is -2.09. The van der Waals surface area contributed by atoms with Crippen molar-refractivity contribution >= 4 is 38.6 Å². The number of thiophene rings is 1. The first-order valence-corrected chi connectivity index (χ1v) is 7.13. The first kappa shape index (κ1) is 15.7. The van der Waals surface area contributed by atoms with E-state index in [9.17, 15) is 23.3 Å². The molecule has 0 aliphatic carbocycles. The van der Waals surface area contributed by atoms with Crippen LogP contribution in [0.4, 0.5) is 24.5 Å². The highest BCUT2D eigenvalue weighted by atomic mass is 79.9. The molecule has 0 fully saturated rings. The zero-order valence-electron chi connectivity index (χ0n) is 10.1. The molecule has 2 aromatic rings. The van der Waals surface area contributed by atoms with Crippen LogP contribution >= 0.6 is 27.3 Å². The standard InChI is InChI=1S/C11H7BrF3N3O2S/c12-6-1-7(21-5-6)3-16-8-2-10(11(13,14)15)17-4-9(8)18(19)20/h1-2,4-5H,3H2,(H,16,17). The Morgan fingerprint density at radius 3 is 2.67 bits per heavy atom. The maximum atomic E-state index is 12.6. The summed E-state index contributed by atoms with van der Waals surface area (Å²) in [4.78, 5) is 14.0. The summed E-state index contributed by atoms with van der Waals surface area (Å²) in [5.74, 6) is 0. The Kier molecular flexibility index (Phi) is 4.47. The average Bonchev–Trinajstić information content (AvgIpc) is 2.80. The summed E-state index contributed by atoms with van der Waals surface area (Å²) in [7, 11) is 0. The lowest BCUT2D eigenvalue weighted by Crippen LogP contribution is -2.10. The van der Waals surface area contributed by atoms with E-state index in [1.165, 1.54) is 11.3 Å². The van der Waals surface area contributed by atoms with Gasteiger partial charge in [0.05, 0.1) is 4.92 Å². The molecular formula is C11H7BrF3N3O2S. The molecule has 0 aromatic carbocycles. The number of nitrogens with one attached hydrogen (secondary N) is 1. The van der Waals surface area contributed by atoms with E-state index in [4.69, 9.17) is 0 Å². The number of pyridine rings is 1. The van der Waals surface area contributed by atoms with Crippen molar-refractivity contribution in [3.05, 3.63) is 48.9 Å². The first-order valence-electron chi connectivity index (χ1n) is 5.46. The third-order valence-corrected chi connectivity index (χ3v) is 4.14. The first-order chi connectivity index (χ1) is 9.77. The number of nitrogens with zero attached hydrogens (tertiary/aromatic N) is 2. The molecule has 0 spiro atoms. The number of anilines is 1. The smallest absolute Gasteiger partial charge is 0.374 e. The second-order valence-corrected chi connectivity index (χ2v) is 5.84. The minimum absolute atomic E-state index is 0.179. The van der Waals surface area contributed by atoms with Crippen molar-refractivity contribution in [3.8, 4) is 0 Å². The second kappa shape index (κ2) is 5.98. The van der Waals surface area contributed by atoms with Gasteiger partial charge < -0.3 is 5.32 Å². The summed E-state index contributed by atoms with van der Waals surface area (Å²) in [6.07, 6.45) is -4.05. The number of hydrogen-bond acceptors (Lipinski definition) is 5. The van der Waals surface area contributed by atoms with Gasteiger partial charge in [0.25, 0.3) is 0 Å². The molecule has 0 aliphatic heterocycles. The SMILES string of the molecule is O=[N+]([O-])c1cnc(C(F)(F)F)cc1NCc1cc(Br)cs1. The molecule has 2 heterocycles. The van der Waals surface area contributed by atoms with E-state index in [2.05, 4.69) is 26.2 Å². The highest BCUT2D eigenvalue weighted by Crippen LogP contribution is 2.33. The normalized spacial score (nSPS) is 11.4. The monoisotopic (exact) mass is 381 g/mol. The van der Waals surface area contributed by atoms with Gasteiger partial charge in [0.15, 0.2) is 0 Å². The molecule has 0 atom stereocenters. The summed E-state index contributed by atoms with van der Waals surface area (Å²) < 4.78 is 38.6. The number of hydrogen-bond donors (Lipinski definition) is 1. The van der Waals surface area contributed by atoms with Gasteiger partial charge in [-0.1, -0.05) is 0 Å². The maximum Gasteiger partial charge on any atom is 0.433 e. The average molecular weight is 382 g/mol. The number of alkyl halides is 3. The van der Waals surface area contributed by atoms with Crippen molar-refractivity contribution in [2.45, 2.75) is 12.7 Å². The van der Waals surface area contributed by atoms with Crippen LogP contribution in [0.3, 0.4) is 0 Å². The highest BCUT2D eigenvalue weighted by molar-refractivity contribution is 9.10. The van der Waals surface area contributed by atoms with E-state index in [0.29, 0.717) is 12.3 Å². The van der Waals surface area contributed by atoms with Crippen LogP contribution in [0.1, 0.15) is 10.6 Å². The van der Waals surface area contributed by atoms with Gasteiger partial charge in [0.2, 0.25) is 0 Å². The summed E-state index contributed by atoms with van der Waals surface area (Å²) in [6, 6.07) is 2.41. The molecule has 1 N–H and O–H groups in total. The van der Waals surface area contributed by atoms with Crippen LogP contribution in [0, 0.1) is 10.1 Å². The van der Waals surface area contributed by atoms with Crippen LogP contribution in [-0.2, 0) is 12.7 Å². The molecular weight excluding hydrogens is 375 g/mol. The topological polar surface area (TPSA) is 68.1 Å². The van der Waals surface area contributed by atoms with E-state index in [0.717, 1.165) is 9.35 Å². The van der Waals surface area contributed by atoms with E-state index in [1.807, 2.05) is 0 Å². The lowest BCUT2D eigenvalue weighted by molar-refractivity contribution is -0.384. The Bertz CT molecular complexity index is 675. The fourth-order valence-electron chi connectivity index (χ4n) is 1.52. The fraction of sp³-hybridized carbons (Fsp3) is 0.182. The van der Waals surface area contributed by atoms with Gasteiger partial charge in [0, 0.05) is 21.3 Å². The molecule has 0 bridgehead atoms. The van der Waals surface area contributed by atoms with Crippen molar-refractivity contribution in [2.24, 2.45) is 0 Å². The molecule has 0 aliphatic rings. The van der Waals surface area contributed by atoms with Gasteiger partial charge in [0.1, 0.15) is 17.6 Å². The van der Waals surface area contributed by atoms with Gasteiger partial charge in [-0.3, -0.25) is 10.1 Å². The predicted octanol–water partition coefficient (Wildman–Crippen LogP) is 4.44. The van der Waals surface area contributed by atoms with Crippen LogP contribution in [0.2, 0.25) is 0 Å². The largest absolute Gasteiger partial charge is 0.433 e. The lowest BCUT2D eigenvalue weighted by atomic mass is 10.2. The molecule has 2 aromatic heterocycles. The molecule has 0 unspecified atom stereocenters. The molecule has 0 amide bonds. The predicted molar refractivity (Wildman–Crippen MR) is 75.2 cm³/mol. The van der Waals surface area contributed by atoms with Crippen LogP contribution in [0.25, 0.3) is 0 Å². The number of aromatic nitrogens is 1. The van der Waals surface area contributed by atoms with Crippen molar-refractivity contribution in [1.29, 1.82) is 0 Å². The van der Waals surface area contributed by atoms with Gasteiger partial charge in [-0.15, -0.1) is 11.3 Å². The van der Waals surface area contributed by atoms with E-state index >= 15 is 0 Å². The van der Waals surface area contributed by atoms with Gasteiger partial charge >= 0.3 is 11.9 Å². The molecule has 10 heteroatoms. The van der Waals surface area contributed by atoms with Gasteiger partial charge in [-0.05, 0) is 28.1 Å². The second-order valence-electron chi connectivity index (χ2n) is 3.93. The highest BCUT2D eigenvalue weighted by Gasteiger charge is 2.34. The van der Waals surface area contributed by atoms with Crippen molar-refractivity contribution in [1.82, 2.24) is 4.98 Å². The molecule has 0 saturated heterocycles. The van der Waals surface area contributed by atoms with E-state index < -0.39 is 22.5 Å². The molecule has 2 rings (SSSR count). The van der Waals surface area contributed by atoms with Gasteiger partial charge in [-0.25, -0.2) is 4.98 Å². The number of nitro groups is 1. The summed E-state index contributed by atoms with van der Waals surface area (Å²) >= 11 is 4.63. The molecule has 5 nitrogen and oxygen atoms in total. The van der Waals surface area contributed by atoms with Crippen LogP contribution in [-0.4, -0.2) is 9.91 Å². The zero-order chi connectivity index (χ0) is 15.6. The van der Waals surface area contributed by atoms with Crippen molar-refractivity contribution < 1.29 is 18.1 Å². The van der Waals surface area contributed by atoms with Crippen LogP contribution in [0.5, 0.6) is 0 Å². The Balaban J connectivity index is 2.28. The number of halogens is 4. The molecule has 0 radical (unpaired) electrons. The number of rotatable bonds is 4.